The summed E-state index contributed by atoms with van der Waals surface area (Å²) in [4.78, 5) is 39.5. The first kappa shape index (κ1) is 25.5. The quantitative estimate of drug-likeness (QED) is 0.139. The molecule has 8 rings (SSSR count). The molecule has 0 spiro atoms. The summed E-state index contributed by atoms with van der Waals surface area (Å²) in [5, 5.41) is 0. The van der Waals surface area contributed by atoms with Gasteiger partial charge in [0.15, 0.2) is 0 Å². The van der Waals surface area contributed by atoms with Gasteiger partial charge in [-0.3, -0.25) is 9.59 Å². The van der Waals surface area contributed by atoms with Crippen LogP contribution in [0.2, 0.25) is 0 Å². The molecule has 4 aromatic carbocycles. The molecule has 0 saturated carbocycles. The summed E-state index contributed by atoms with van der Waals surface area (Å²) in [6, 6.07) is 28.8. The number of imide groups is 1. The molecule has 0 N–H and O–H groups in total. The van der Waals surface area contributed by atoms with Crippen molar-refractivity contribution in [1.29, 1.82) is 0 Å². The second-order valence-corrected chi connectivity index (χ2v) is 12.3. The Balaban J connectivity index is 1.22. The number of hydrogen-bond acceptors (Lipinski definition) is 4. The highest BCUT2D eigenvalue weighted by atomic mass is 79.9. The van der Waals surface area contributed by atoms with Crippen molar-refractivity contribution in [2.75, 3.05) is 4.90 Å². The standard InChI is InChI=1S/C32H20BrCl2NO4/c33-20-13-9-18(10-14-20)17-40-30(39)19-11-15-21(16-12-19)36-28(37)26-27(29(36)38)32(35)23-6-2-1-5-22(23)31(26,34)24-7-3-4-8-25(24)32/h1-16,26-27H,17H2/t26-,27-,31?,32?/m0/s1. The number of alkyl halides is 2. The van der Waals surface area contributed by atoms with E-state index >= 15 is 0 Å². The van der Waals surface area contributed by atoms with E-state index < -0.39 is 39.4 Å². The lowest BCUT2D eigenvalue weighted by molar-refractivity contribution is -0.122. The zero-order valence-corrected chi connectivity index (χ0v) is 23.9. The highest BCUT2D eigenvalue weighted by Gasteiger charge is 2.73. The van der Waals surface area contributed by atoms with Crippen molar-refractivity contribution in [3.8, 4) is 0 Å². The number of nitrogens with zero attached hydrogens (tertiary/aromatic N) is 1. The highest BCUT2D eigenvalue weighted by Crippen LogP contribution is 2.69. The molecule has 1 aliphatic heterocycles. The van der Waals surface area contributed by atoms with Crippen LogP contribution in [-0.2, 0) is 30.7 Å². The molecule has 0 unspecified atom stereocenters. The van der Waals surface area contributed by atoms with Gasteiger partial charge in [0.1, 0.15) is 16.4 Å². The molecule has 5 nitrogen and oxygen atoms in total. The van der Waals surface area contributed by atoms with Crippen LogP contribution < -0.4 is 4.90 Å². The Morgan fingerprint density at radius 2 is 1.18 bits per heavy atom. The molecule has 2 bridgehead atoms. The SMILES string of the molecule is O=C(OCc1ccc(Br)cc1)c1ccc(N2C(=O)[C@@H]3[C@@H](C2=O)C2(Cl)c4ccccc4C3(Cl)c3ccccc32)cc1. The van der Waals surface area contributed by atoms with Crippen molar-refractivity contribution in [3.05, 3.63) is 135 Å². The third kappa shape index (κ3) is 3.36. The Morgan fingerprint density at radius 3 is 1.62 bits per heavy atom. The van der Waals surface area contributed by atoms with E-state index in [1.165, 1.54) is 0 Å². The number of halogens is 3. The smallest absolute Gasteiger partial charge is 0.338 e. The summed E-state index contributed by atoms with van der Waals surface area (Å²) in [5.74, 6) is -3.11. The van der Waals surface area contributed by atoms with Gasteiger partial charge >= 0.3 is 5.97 Å². The van der Waals surface area contributed by atoms with Gasteiger partial charge in [-0.05, 0) is 64.2 Å². The number of amides is 2. The first-order valence-corrected chi connectivity index (χ1v) is 14.3. The fourth-order valence-electron chi connectivity index (χ4n) is 6.48. The lowest BCUT2D eigenvalue weighted by Crippen LogP contribution is -2.57. The van der Waals surface area contributed by atoms with E-state index in [4.69, 9.17) is 27.9 Å². The second-order valence-electron chi connectivity index (χ2n) is 10.2. The van der Waals surface area contributed by atoms with Crippen LogP contribution in [0.25, 0.3) is 0 Å². The molecule has 1 fully saturated rings. The second kappa shape index (κ2) is 9.03. The number of ether oxygens (including phenoxy) is 1. The molecule has 1 heterocycles. The van der Waals surface area contributed by atoms with Gasteiger partial charge in [-0.2, -0.15) is 0 Å². The van der Waals surface area contributed by atoms with Crippen LogP contribution in [0.3, 0.4) is 0 Å². The van der Waals surface area contributed by atoms with Crippen molar-refractivity contribution >= 4 is 62.6 Å². The Hall–Kier alpha value is -3.45. The molecule has 0 aromatic heterocycles. The van der Waals surface area contributed by atoms with Crippen LogP contribution in [0.15, 0.2) is 102 Å². The Bertz CT molecular complexity index is 1600. The number of esters is 1. The summed E-state index contributed by atoms with van der Waals surface area (Å²) in [6.45, 7) is 0.122. The zero-order valence-electron chi connectivity index (χ0n) is 20.8. The lowest BCUT2D eigenvalue weighted by atomic mass is 9.54. The lowest BCUT2D eigenvalue weighted by Gasteiger charge is -2.54. The molecule has 2 amide bonds. The van der Waals surface area contributed by atoms with Crippen LogP contribution >= 0.6 is 39.1 Å². The molecule has 3 aliphatic carbocycles. The minimum absolute atomic E-state index is 0.122. The third-order valence-electron chi connectivity index (χ3n) is 8.23. The van der Waals surface area contributed by atoms with E-state index in [-0.39, 0.29) is 6.61 Å². The van der Waals surface area contributed by atoms with Gasteiger partial charge in [-0.1, -0.05) is 76.6 Å². The summed E-state index contributed by atoms with van der Waals surface area (Å²) in [7, 11) is 0. The van der Waals surface area contributed by atoms with Gasteiger partial charge in [0.25, 0.3) is 0 Å². The maximum Gasteiger partial charge on any atom is 0.338 e. The fourth-order valence-corrected chi connectivity index (χ4v) is 7.84. The monoisotopic (exact) mass is 631 g/mol. The van der Waals surface area contributed by atoms with Gasteiger partial charge in [0.05, 0.1) is 23.1 Å². The Morgan fingerprint density at radius 1 is 0.725 bits per heavy atom. The molecule has 4 aliphatic rings. The topological polar surface area (TPSA) is 63.7 Å². The van der Waals surface area contributed by atoms with E-state index in [1.54, 1.807) is 24.3 Å². The van der Waals surface area contributed by atoms with Crippen molar-refractivity contribution in [1.82, 2.24) is 0 Å². The maximum absolute atomic E-state index is 14.1. The summed E-state index contributed by atoms with van der Waals surface area (Å²) in [5.41, 5.74) is 4.50. The molecule has 2 atom stereocenters. The molecule has 1 saturated heterocycles. The van der Waals surface area contributed by atoms with E-state index in [0.717, 1.165) is 37.2 Å². The van der Waals surface area contributed by atoms with Crippen molar-refractivity contribution in [2.45, 2.75) is 16.4 Å². The van der Waals surface area contributed by atoms with Gasteiger partial charge in [-0.25, -0.2) is 9.69 Å². The number of rotatable bonds is 4. The average Bonchev–Trinajstić information content (AvgIpc) is 3.26. The molecule has 4 aromatic rings. The van der Waals surface area contributed by atoms with Crippen molar-refractivity contribution < 1.29 is 19.1 Å². The molecular weight excluding hydrogens is 613 g/mol. The van der Waals surface area contributed by atoms with E-state index in [2.05, 4.69) is 15.9 Å². The molecular formula is C32H20BrCl2NO4. The number of benzene rings is 4. The predicted molar refractivity (Wildman–Crippen MR) is 155 cm³/mol. The Labute approximate surface area is 248 Å². The van der Waals surface area contributed by atoms with Gasteiger partial charge in [0.2, 0.25) is 11.8 Å². The van der Waals surface area contributed by atoms with Crippen molar-refractivity contribution in [2.24, 2.45) is 11.8 Å². The largest absolute Gasteiger partial charge is 0.457 e. The van der Waals surface area contributed by atoms with Crippen LogP contribution in [0.4, 0.5) is 5.69 Å². The van der Waals surface area contributed by atoms with Crippen LogP contribution in [-0.4, -0.2) is 17.8 Å². The van der Waals surface area contributed by atoms with Gasteiger partial charge < -0.3 is 4.74 Å². The van der Waals surface area contributed by atoms with Crippen LogP contribution in [0, 0.1) is 11.8 Å². The van der Waals surface area contributed by atoms with Gasteiger partial charge in [0, 0.05) is 4.47 Å². The first-order chi connectivity index (χ1) is 19.3. The fraction of sp³-hybridized carbons (Fsp3) is 0.156. The van der Waals surface area contributed by atoms with E-state index in [1.807, 2.05) is 72.8 Å². The third-order valence-corrected chi connectivity index (χ3v) is 10.0. The van der Waals surface area contributed by atoms with Gasteiger partial charge in [-0.15, -0.1) is 23.2 Å². The van der Waals surface area contributed by atoms with E-state index in [9.17, 15) is 14.4 Å². The minimum atomic E-state index is -1.24. The maximum atomic E-state index is 14.1. The molecule has 0 radical (unpaired) electrons. The number of anilines is 1. The summed E-state index contributed by atoms with van der Waals surface area (Å²) in [6.07, 6.45) is 0. The van der Waals surface area contributed by atoms with Crippen LogP contribution in [0.5, 0.6) is 0 Å². The van der Waals surface area contributed by atoms with E-state index in [0.29, 0.717) is 11.3 Å². The zero-order chi connectivity index (χ0) is 27.8. The first-order valence-electron chi connectivity index (χ1n) is 12.7. The minimum Gasteiger partial charge on any atom is -0.457 e. The number of carbonyl (C=O) groups excluding carboxylic acids is 3. The van der Waals surface area contributed by atoms with Crippen molar-refractivity contribution in [3.63, 3.8) is 0 Å². The normalized spacial score (nSPS) is 25.8. The van der Waals surface area contributed by atoms with Crippen LogP contribution in [0.1, 0.15) is 38.2 Å². The molecule has 8 heteroatoms. The average molecular weight is 633 g/mol. The number of hydrogen-bond donors (Lipinski definition) is 0. The molecule has 40 heavy (non-hydrogen) atoms. The number of carbonyl (C=O) groups is 3. The predicted octanol–water partition coefficient (Wildman–Crippen LogP) is 6.90. The molecule has 198 valence electrons. The Kier molecular flexibility index (Phi) is 5.76. The highest BCUT2D eigenvalue weighted by molar-refractivity contribution is 9.10. The summed E-state index contributed by atoms with van der Waals surface area (Å²) < 4.78 is 6.37. The summed E-state index contributed by atoms with van der Waals surface area (Å²) >= 11 is 18.3.